The molecule has 8 nitrogen and oxygen atoms in total. The van der Waals surface area contributed by atoms with Gasteiger partial charge < -0.3 is 10.1 Å². The molecule has 2 rings (SSSR count). The van der Waals surface area contributed by atoms with E-state index < -0.39 is 15.9 Å². The number of nitrogens with zero attached hydrogens (tertiary/aromatic N) is 1. The molecule has 1 amide bonds. The van der Waals surface area contributed by atoms with Gasteiger partial charge in [-0.25, -0.2) is 13.2 Å². The molecule has 1 N–H and O–H groups in total. The number of aliphatic imine (C=N–C) groups is 1. The number of isocyanates is 1. The standard InChI is InChI=1S/C21H22N2O6S/c1-15(13-20(25)22-11-12-30(2,27)28)29-19-9-5-17(6-10-19)21(26)16-3-7-18(8-4-16)23-14-24/h3-10,15H,11-13H2,1-2H3,(H,22,25). The van der Waals surface area contributed by atoms with Crippen LogP contribution in [-0.2, 0) is 19.4 Å². The van der Waals surface area contributed by atoms with E-state index in [0.29, 0.717) is 22.6 Å². The van der Waals surface area contributed by atoms with Crippen molar-refractivity contribution in [2.24, 2.45) is 4.99 Å². The lowest BCUT2D eigenvalue weighted by atomic mass is 10.0. The van der Waals surface area contributed by atoms with E-state index in [1.54, 1.807) is 55.5 Å². The van der Waals surface area contributed by atoms with Crippen LogP contribution in [0.15, 0.2) is 53.5 Å². The van der Waals surface area contributed by atoms with Gasteiger partial charge in [-0.05, 0) is 55.5 Å². The quantitative estimate of drug-likeness (QED) is 0.351. The van der Waals surface area contributed by atoms with Crippen LogP contribution in [0.25, 0.3) is 0 Å². The van der Waals surface area contributed by atoms with Gasteiger partial charge in [0.05, 0.1) is 17.9 Å². The predicted molar refractivity (Wildman–Crippen MR) is 112 cm³/mol. The number of carbonyl (C=O) groups excluding carboxylic acids is 3. The van der Waals surface area contributed by atoms with Crippen molar-refractivity contribution in [3.63, 3.8) is 0 Å². The summed E-state index contributed by atoms with van der Waals surface area (Å²) in [5.74, 6) is -0.114. The van der Waals surface area contributed by atoms with Gasteiger partial charge in [-0.3, -0.25) is 9.59 Å². The monoisotopic (exact) mass is 430 g/mol. The average Bonchev–Trinajstić information content (AvgIpc) is 2.68. The maximum absolute atomic E-state index is 12.5. The van der Waals surface area contributed by atoms with Gasteiger partial charge in [0, 0.05) is 23.9 Å². The summed E-state index contributed by atoms with van der Waals surface area (Å²) in [6.45, 7) is 1.78. The molecule has 0 aliphatic carbocycles. The summed E-state index contributed by atoms with van der Waals surface area (Å²) >= 11 is 0. The Morgan fingerprint density at radius 1 is 1.07 bits per heavy atom. The molecule has 0 aliphatic rings. The Balaban J connectivity index is 1.89. The fourth-order valence-electron chi connectivity index (χ4n) is 2.57. The molecular weight excluding hydrogens is 408 g/mol. The average molecular weight is 430 g/mol. The lowest BCUT2D eigenvalue weighted by Crippen LogP contribution is -2.32. The van der Waals surface area contributed by atoms with Gasteiger partial charge in [-0.1, -0.05) is 0 Å². The van der Waals surface area contributed by atoms with Crippen LogP contribution in [-0.4, -0.2) is 50.8 Å². The molecule has 30 heavy (non-hydrogen) atoms. The van der Waals surface area contributed by atoms with Crippen molar-refractivity contribution >= 4 is 33.3 Å². The number of carbonyl (C=O) groups is 2. The highest BCUT2D eigenvalue weighted by atomic mass is 32.2. The van der Waals surface area contributed by atoms with Crippen LogP contribution in [0.5, 0.6) is 5.75 Å². The van der Waals surface area contributed by atoms with Gasteiger partial charge in [-0.2, -0.15) is 4.99 Å². The Kier molecular flexibility index (Phi) is 8.03. The van der Waals surface area contributed by atoms with Crippen LogP contribution in [0.3, 0.4) is 0 Å². The van der Waals surface area contributed by atoms with Crippen LogP contribution in [0.4, 0.5) is 5.69 Å². The van der Waals surface area contributed by atoms with Crippen LogP contribution in [0, 0.1) is 0 Å². The minimum absolute atomic E-state index is 0.0592. The topological polar surface area (TPSA) is 119 Å². The van der Waals surface area contributed by atoms with E-state index in [1.807, 2.05) is 0 Å². The molecule has 2 aromatic rings. The first-order valence-corrected chi connectivity index (χ1v) is 11.2. The number of nitrogens with one attached hydrogen (secondary N) is 1. The van der Waals surface area contributed by atoms with Gasteiger partial charge >= 0.3 is 0 Å². The van der Waals surface area contributed by atoms with Crippen LogP contribution in [0.2, 0.25) is 0 Å². The largest absolute Gasteiger partial charge is 0.490 e. The zero-order valence-corrected chi connectivity index (χ0v) is 17.4. The fourth-order valence-corrected chi connectivity index (χ4v) is 3.05. The summed E-state index contributed by atoms with van der Waals surface area (Å²) < 4.78 is 27.8. The molecule has 0 aliphatic heterocycles. The molecule has 0 bridgehead atoms. The van der Waals surface area contributed by atoms with Crippen molar-refractivity contribution < 1.29 is 27.5 Å². The van der Waals surface area contributed by atoms with Crippen molar-refractivity contribution in [2.75, 3.05) is 18.6 Å². The smallest absolute Gasteiger partial charge is 0.240 e. The predicted octanol–water partition coefficient (Wildman–Crippen LogP) is 2.20. The first kappa shape index (κ1) is 23.0. The first-order chi connectivity index (χ1) is 14.2. The second-order valence-corrected chi connectivity index (χ2v) is 8.98. The Hall–Kier alpha value is -3.29. The zero-order valence-electron chi connectivity index (χ0n) is 16.6. The third kappa shape index (κ3) is 7.62. The number of hydrogen-bond donors (Lipinski definition) is 1. The van der Waals surface area contributed by atoms with E-state index in [2.05, 4.69) is 10.3 Å². The lowest BCUT2D eigenvalue weighted by Gasteiger charge is -2.15. The second-order valence-electron chi connectivity index (χ2n) is 6.72. The molecule has 0 radical (unpaired) electrons. The number of sulfone groups is 1. The molecule has 0 saturated heterocycles. The SMILES string of the molecule is CC(CC(=O)NCCS(C)(=O)=O)Oc1ccc(C(=O)c2ccc(N=C=O)cc2)cc1. The summed E-state index contributed by atoms with van der Waals surface area (Å²) in [6, 6.07) is 12.8. The Morgan fingerprint density at radius 2 is 1.63 bits per heavy atom. The second kappa shape index (κ2) is 10.5. The van der Waals surface area contributed by atoms with Gasteiger partial charge in [0.15, 0.2) is 5.78 Å². The molecule has 0 saturated carbocycles. The van der Waals surface area contributed by atoms with Crippen LogP contribution < -0.4 is 10.1 Å². The number of ketones is 1. The third-order valence-electron chi connectivity index (χ3n) is 4.03. The first-order valence-electron chi connectivity index (χ1n) is 9.12. The van der Waals surface area contributed by atoms with Gasteiger partial charge in [0.1, 0.15) is 21.7 Å². The summed E-state index contributed by atoms with van der Waals surface area (Å²) in [6.07, 6.45) is 2.18. The highest BCUT2D eigenvalue weighted by molar-refractivity contribution is 7.90. The third-order valence-corrected chi connectivity index (χ3v) is 4.97. The number of amides is 1. The van der Waals surface area contributed by atoms with E-state index in [0.717, 1.165) is 6.26 Å². The summed E-state index contributed by atoms with van der Waals surface area (Å²) in [7, 11) is -3.13. The maximum Gasteiger partial charge on any atom is 0.240 e. The fraction of sp³-hybridized carbons (Fsp3) is 0.286. The van der Waals surface area contributed by atoms with E-state index >= 15 is 0 Å². The molecule has 0 fully saturated rings. The minimum Gasteiger partial charge on any atom is -0.490 e. The molecule has 0 heterocycles. The molecule has 0 aromatic heterocycles. The Labute approximate surface area is 174 Å². The normalized spacial score (nSPS) is 11.8. The Morgan fingerprint density at radius 3 is 2.17 bits per heavy atom. The summed E-state index contributed by atoms with van der Waals surface area (Å²) in [4.78, 5) is 38.1. The molecule has 1 unspecified atom stereocenters. The number of benzene rings is 2. The molecule has 1 atom stereocenters. The number of hydrogen-bond acceptors (Lipinski definition) is 7. The van der Waals surface area contributed by atoms with Crippen molar-refractivity contribution in [3.8, 4) is 5.75 Å². The maximum atomic E-state index is 12.5. The van der Waals surface area contributed by atoms with Gasteiger partial charge in [0.2, 0.25) is 12.0 Å². The van der Waals surface area contributed by atoms with Crippen molar-refractivity contribution in [3.05, 3.63) is 59.7 Å². The number of ether oxygens (including phenoxy) is 1. The van der Waals surface area contributed by atoms with E-state index in [-0.39, 0.29) is 30.4 Å². The van der Waals surface area contributed by atoms with Gasteiger partial charge in [0.25, 0.3) is 0 Å². The van der Waals surface area contributed by atoms with Crippen LogP contribution >= 0.6 is 0 Å². The van der Waals surface area contributed by atoms with Crippen molar-refractivity contribution in [1.29, 1.82) is 0 Å². The highest BCUT2D eigenvalue weighted by Crippen LogP contribution is 2.19. The molecule has 9 heteroatoms. The molecule has 2 aromatic carbocycles. The van der Waals surface area contributed by atoms with Gasteiger partial charge in [-0.15, -0.1) is 0 Å². The zero-order chi connectivity index (χ0) is 22.1. The molecule has 158 valence electrons. The number of rotatable bonds is 10. The Bertz CT molecular complexity index is 1040. The van der Waals surface area contributed by atoms with Crippen molar-refractivity contribution in [1.82, 2.24) is 5.32 Å². The van der Waals surface area contributed by atoms with E-state index in [4.69, 9.17) is 4.74 Å². The summed E-state index contributed by atoms with van der Waals surface area (Å²) in [5.41, 5.74) is 1.33. The van der Waals surface area contributed by atoms with E-state index in [9.17, 15) is 22.8 Å². The summed E-state index contributed by atoms with van der Waals surface area (Å²) in [5, 5.41) is 2.54. The minimum atomic E-state index is -3.13. The molecule has 0 spiro atoms. The van der Waals surface area contributed by atoms with E-state index in [1.165, 1.54) is 6.08 Å². The van der Waals surface area contributed by atoms with Crippen LogP contribution in [0.1, 0.15) is 29.3 Å². The van der Waals surface area contributed by atoms with Crippen molar-refractivity contribution in [2.45, 2.75) is 19.4 Å². The highest BCUT2D eigenvalue weighted by Gasteiger charge is 2.13. The molecular formula is C21H22N2O6S. The lowest BCUT2D eigenvalue weighted by molar-refractivity contribution is -0.122.